The molecule has 110 valence electrons. The SMILES string of the molecule is CC(C)(C)c1ccccc1NC(=O)C(=O)NCCCO. The van der Waals surface area contributed by atoms with Crippen LogP contribution in [0, 0.1) is 0 Å². The van der Waals surface area contributed by atoms with Gasteiger partial charge in [0.1, 0.15) is 0 Å². The number of aliphatic hydroxyl groups is 1. The molecule has 0 aliphatic rings. The van der Waals surface area contributed by atoms with Gasteiger partial charge in [-0.3, -0.25) is 9.59 Å². The zero-order chi connectivity index (χ0) is 15.2. The number of carbonyl (C=O) groups excluding carboxylic acids is 2. The van der Waals surface area contributed by atoms with Gasteiger partial charge in [0.2, 0.25) is 0 Å². The van der Waals surface area contributed by atoms with Crippen LogP contribution in [0.1, 0.15) is 32.8 Å². The lowest BCUT2D eigenvalue weighted by molar-refractivity contribution is -0.136. The van der Waals surface area contributed by atoms with Crippen LogP contribution in [0.3, 0.4) is 0 Å². The highest BCUT2D eigenvalue weighted by Crippen LogP contribution is 2.29. The molecule has 1 aromatic rings. The highest BCUT2D eigenvalue weighted by molar-refractivity contribution is 6.39. The molecule has 0 aliphatic heterocycles. The maximum absolute atomic E-state index is 11.8. The fraction of sp³-hybridized carbons (Fsp3) is 0.467. The maximum Gasteiger partial charge on any atom is 0.313 e. The molecule has 5 nitrogen and oxygen atoms in total. The molecule has 0 atom stereocenters. The molecule has 0 aromatic heterocycles. The Hall–Kier alpha value is -1.88. The van der Waals surface area contributed by atoms with Gasteiger partial charge in [-0.05, 0) is 23.5 Å². The topological polar surface area (TPSA) is 78.4 Å². The standard InChI is InChI=1S/C15H22N2O3/c1-15(2,3)11-7-4-5-8-12(11)17-14(20)13(19)16-9-6-10-18/h4-5,7-8,18H,6,9-10H2,1-3H3,(H,16,19)(H,17,20). The molecule has 3 N–H and O–H groups in total. The van der Waals surface area contributed by atoms with E-state index in [1.807, 2.05) is 39.0 Å². The van der Waals surface area contributed by atoms with Crippen LogP contribution in [0.25, 0.3) is 0 Å². The summed E-state index contributed by atoms with van der Waals surface area (Å²) in [4.78, 5) is 23.4. The molecular weight excluding hydrogens is 256 g/mol. The number of para-hydroxylation sites is 1. The van der Waals surface area contributed by atoms with Gasteiger partial charge in [0.15, 0.2) is 0 Å². The van der Waals surface area contributed by atoms with Crippen LogP contribution in [0.4, 0.5) is 5.69 Å². The Balaban J connectivity index is 2.74. The summed E-state index contributed by atoms with van der Waals surface area (Å²) in [7, 11) is 0. The molecule has 0 bridgehead atoms. The Morgan fingerprint density at radius 3 is 2.40 bits per heavy atom. The summed E-state index contributed by atoms with van der Waals surface area (Å²) in [6.45, 7) is 6.39. The largest absolute Gasteiger partial charge is 0.396 e. The molecule has 5 heteroatoms. The fourth-order valence-corrected chi connectivity index (χ4v) is 1.79. The van der Waals surface area contributed by atoms with E-state index in [0.29, 0.717) is 12.1 Å². The monoisotopic (exact) mass is 278 g/mol. The van der Waals surface area contributed by atoms with Crippen molar-refractivity contribution in [1.82, 2.24) is 5.32 Å². The van der Waals surface area contributed by atoms with Crippen molar-refractivity contribution in [3.8, 4) is 0 Å². The van der Waals surface area contributed by atoms with Crippen molar-refractivity contribution in [1.29, 1.82) is 0 Å². The first-order valence-electron chi connectivity index (χ1n) is 6.66. The highest BCUT2D eigenvalue weighted by Gasteiger charge is 2.20. The van der Waals surface area contributed by atoms with Crippen LogP contribution in [-0.4, -0.2) is 30.1 Å². The van der Waals surface area contributed by atoms with Gasteiger partial charge in [-0.15, -0.1) is 0 Å². The molecule has 0 spiro atoms. The molecule has 0 saturated heterocycles. The average Bonchev–Trinajstić information content (AvgIpc) is 2.38. The number of benzene rings is 1. The summed E-state index contributed by atoms with van der Waals surface area (Å²) < 4.78 is 0. The zero-order valence-electron chi connectivity index (χ0n) is 12.2. The highest BCUT2D eigenvalue weighted by atomic mass is 16.3. The molecule has 0 unspecified atom stereocenters. The zero-order valence-corrected chi connectivity index (χ0v) is 12.2. The van der Waals surface area contributed by atoms with Crippen LogP contribution in [0.5, 0.6) is 0 Å². The Morgan fingerprint density at radius 1 is 1.15 bits per heavy atom. The van der Waals surface area contributed by atoms with Gasteiger partial charge in [-0.25, -0.2) is 0 Å². The lowest BCUT2D eigenvalue weighted by atomic mass is 9.86. The maximum atomic E-state index is 11.8. The van der Waals surface area contributed by atoms with Gasteiger partial charge in [0.05, 0.1) is 0 Å². The second kappa shape index (κ2) is 7.05. The quantitative estimate of drug-likeness (QED) is 0.576. The number of hydrogen-bond acceptors (Lipinski definition) is 3. The molecule has 1 aromatic carbocycles. The molecule has 0 saturated carbocycles. The first-order valence-corrected chi connectivity index (χ1v) is 6.66. The number of anilines is 1. The molecule has 20 heavy (non-hydrogen) atoms. The van der Waals surface area contributed by atoms with Crippen molar-refractivity contribution in [2.45, 2.75) is 32.6 Å². The predicted molar refractivity (Wildman–Crippen MR) is 78.5 cm³/mol. The van der Waals surface area contributed by atoms with Gasteiger partial charge in [0, 0.05) is 18.8 Å². The van der Waals surface area contributed by atoms with E-state index < -0.39 is 11.8 Å². The van der Waals surface area contributed by atoms with Crippen molar-refractivity contribution in [2.75, 3.05) is 18.5 Å². The Labute approximate surface area is 119 Å². The van der Waals surface area contributed by atoms with Crippen LogP contribution < -0.4 is 10.6 Å². The van der Waals surface area contributed by atoms with Crippen LogP contribution in [0.15, 0.2) is 24.3 Å². The lowest BCUT2D eigenvalue weighted by Gasteiger charge is -2.22. The van der Waals surface area contributed by atoms with Gasteiger partial charge in [-0.1, -0.05) is 39.0 Å². The van der Waals surface area contributed by atoms with E-state index in [2.05, 4.69) is 10.6 Å². The van der Waals surface area contributed by atoms with Crippen molar-refractivity contribution in [3.05, 3.63) is 29.8 Å². The van der Waals surface area contributed by atoms with Crippen LogP contribution in [-0.2, 0) is 15.0 Å². The first-order chi connectivity index (χ1) is 9.36. The molecule has 2 amide bonds. The molecule has 1 rings (SSSR count). The number of carbonyl (C=O) groups is 2. The molecule has 0 heterocycles. The van der Waals surface area contributed by atoms with E-state index in [1.54, 1.807) is 6.07 Å². The van der Waals surface area contributed by atoms with Crippen molar-refractivity contribution < 1.29 is 14.7 Å². The average molecular weight is 278 g/mol. The number of hydrogen-bond donors (Lipinski definition) is 3. The summed E-state index contributed by atoms with van der Waals surface area (Å²) in [5.74, 6) is -1.39. The number of nitrogens with one attached hydrogen (secondary N) is 2. The van der Waals surface area contributed by atoms with Gasteiger partial charge in [0.25, 0.3) is 0 Å². The van der Waals surface area contributed by atoms with Crippen molar-refractivity contribution in [3.63, 3.8) is 0 Å². The summed E-state index contributed by atoms with van der Waals surface area (Å²) >= 11 is 0. The first kappa shape index (κ1) is 16.2. The minimum Gasteiger partial charge on any atom is -0.396 e. The second-order valence-electron chi connectivity index (χ2n) is 5.58. The molecule has 0 aliphatic carbocycles. The predicted octanol–water partition coefficient (Wildman–Crippen LogP) is 1.42. The van der Waals surface area contributed by atoms with Crippen molar-refractivity contribution >= 4 is 17.5 Å². The van der Waals surface area contributed by atoms with Crippen molar-refractivity contribution in [2.24, 2.45) is 0 Å². The third kappa shape index (κ3) is 4.66. The van der Waals surface area contributed by atoms with Crippen LogP contribution >= 0.6 is 0 Å². The number of aliphatic hydroxyl groups excluding tert-OH is 1. The molecule has 0 fully saturated rings. The van der Waals surface area contributed by atoms with E-state index in [1.165, 1.54) is 0 Å². The summed E-state index contributed by atoms with van der Waals surface area (Å²) in [5, 5.41) is 13.7. The smallest absolute Gasteiger partial charge is 0.313 e. The van der Waals surface area contributed by atoms with Gasteiger partial charge < -0.3 is 15.7 Å². The van der Waals surface area contributed by atoms with Crippen LogP contribution in [0.2, 0.25) is 0 Å². The van der Waals surface area contributed by atoms with E-state index in [4.69, 9.17) is 5.11 Å². The minimum atomic E-state index is -0.695. The summed E-state index contributed by atoms with van der Waals surface area (Å²) in [6, 6.07) is 7.42. The van der Waals surface area contributed by atoms with Gasteiger partial charge in [-0.2, -0.15) is 0 Å². The lowest BCUT2D eigenvalue weighted by Crippen LogP contribution is -2.36. The molecular formula is C15H22N2O3. The molecule has 0 radical (unpaired) electrons. The number of rotatable bonds is 4. The summed E-state index contributed by atoms with van der Waals surface area (Å²) in [6.07, 6.45) is 0.428. The third-order valence-corrected chi connectivity index (χ3v) is 2.81. The fourth-order valence-electron chi connectivity index (χ4n) is 1.79. The van der Waals surface area contributed by atoms with E-state index in [9.17, 15) is 9.59 Å². The second-order valence-corrected chi connectivity index (χ2v) is 5.58. The van der Waals surface area contributed by atoms with E-state index in [-0.39, 0.29) is 18.6 Å². The third-order valence-electron chi connectivity index (χ3n) is 2.81. The Bertz CT molecular complexity index is 478. The van der Waals surface area contributed by atoms with E-state index >= 15 is 0 Å². The Morgan fingerprint density at radius 2 is 1.80 bits per heavy atom. The van der Waals surface area contributed by atoms with Gasteiger partial charge >= 0.3 is 11.8 Å². The Kier molecular flexibility index (Phi) is 5.70. The summed E-state index contributed by atoms with van der Waals surface area (Å²) in [5.41, 5.74) is 1.48. The normalized spacial score (nSPS) is 11.0. The number of amides is 2. The minimum absolute atomic E-state index is 0.0191. The van der Waals surface area contributed by atoms with E-state index in [0.717, 1.165) is 5.56 Å².